The monoisotopic (exact) mass is 478 g/mol. The van der Waals surface area contributed by atoms with E-state index < -0.39 is 0 Å². The van der Waals surface area contributed by atoms with Crippen LogP contribution in [0.25, 0.3) is 0 Å². The summed E-state index contributed by atoms with van der Waals surface area (Å²) in [5.41, 5.74) is 13.6. The van der Waals surface area contributed by atoms with Crippen LogP contribution in [0.15, 0.2) is 95.7 Å². The van der Waals surface area contributed by atoms with Gasteiger partial charge in [0.1, 0.15) is 13.2 Å². The molecule has 6 nitrogen and oxygen atoms in total. The second kappa shape index (κ2) is 11.6. The van der Waals surface area contributed by atoms with E-state index in [-0.39, 0.29) is 0 Å². The summed E-state index contributed by atoms with van der Waals surface area (Å²) < 4.78 is 12.0. The summed E-state index contributed by atoms with van der Waals surface area (Å²) in [5, 5.41) is 0. The molecule has 0 spiro atoms. The molecule has 4 aromatic rings. The van der Waals surface area contributed by atoms with Gasteiger partial charge in [-0.15, -0.1) is 0 Å². The second-order valence-corrected chi connectivity index (χ2v) is 7.39. The Kier molecular flexibility index (Phi) is 8.25. The van der Waals surface area contributed by atoms with Crippen LogP contribution in [0.1, 0.15) is 11.1 Å². The number of rotatable bonds is 6. The number of hydrogen-bond acceptors (Lipinski definition) is 6. The summed E-state index contributed by atoms with van der Waals surface area (Å²) in [6, 6.07) is 25.3. The minimum atomic E-state index is 0.402. The molecule has 0 saturated heterocycles. The van der Waals surface area contributed by atoms with Crippen molar-refractivity contribution in [1.29, 1.82) is 0 Å². The third-order valence-electron chi connectivity index (χ3n) is 4.12. The van der Waals surface area contributed by atoms with Crippen molar-refractivity contribution in [3.63, 3.8) is 0 Å². The molecule has 2 heterocycles. The quantitative estimate of drug-likeness (QED) is 0.392. The van der Waals surface area contributed by atoms with Crippen LogP contribution in [0, 0.1) is 0 Å². The van der Waals surface area contributed by atoms with Crippen LogP contribution in [0.3, 0.4) is 0 Å². The van der Waals surface area contributed by atoms with Gasteiger partial charge in [-0.3, -0.25) is 0 Å². The van der Waals surface area contributed by atoms with Crippen molar-refractivity contribution < 1.29 is 9.47 Å². The van der Waals surface area contributed by atoms with Gasteiger partial charge in [0.05, 0.1) is 0 Å². The van der Waals surface area contributed by atoms with Crippen LogP contribution in [-0.2, 0) is 13.2 Å². The molecular weight excluding hydrogens is 456 g/mol. The lowest BCUT2D eigenvalue weighted by atomic mass is 10.2. The normalized spacial score (nSPS) is 9.97. The molecule has 4 N–H and O–H groups in total. The highest BCUT2D eigenvalue weighted by atomic mass is 79.9. The molecule has 0 aliphatic carbocycles. The van der Waals surface area contributed by atoms with Gasteiger partial charge in [0.2, 0.25) is 0 Å². The number of nitrogens with two attached hydrogens (primary N) is 2. The van der Waals surface area contributed by atoms with Crippen LogP contribution in [0.5, 0.6) is 11.5 Å². The molecule has 158 valence electrons. The largest absolute Gasteiger partial charge is 0.485 e. The molecule has 0 radical (unpaired) electrons. The van der Waals surface area contributed by atoms with Gasteiger partial charge in [-0.1, -0.05) is 60.7 Å². The van der Waals surface area contributed by atoms with Crippen molar-refractivity contribution >= 4 is 27.6 Å². The number of anilines is 2. The second-order valence-electron chi connectivity index (χ2n) is 6.47. The summed E-state index contributed by atoms with van der Waals surface area (Å²) in [5.74, 6) is 2.05. The van der Waals surface area contributed by atoms with E-state index in [9.17, 15) is 0 Å². The van der Waals surface area contributed by atoms with E-state index in [1.54, 1.807) is 18.5 Å². The van der Waals surface area contributed by atoms with Crippen LogP contribution < -0.4 is 20.9 Å². The number of ether oxygens (including phenoxy) is 2. The van der Waals surface area contributed by atoms with Gasteiger partial charge in [-0.05, 0) is 45.3 Å². The molecule has 2 aromatic heterocycles. The molecule has 0 aliphatic heterocycles. The maximum Gasteiger partial charge on any atom is 0.166 e. The van der Waals surface area contributed by atoms with E-state index in [4.69, 9.17) is 20.9 Å². The lowest BCUT2D eigenvalue weighted by molar-refractivity contribution is 0.307. The van der Waals surface area contributed by atoms with Crippen LogP contribution in [-0.4, -0.2) is 9.97 Å². The van der Waals surface area contributed by atoms with E-state index >= 15 is 0 Å². The maximum atomic E-state index is 5.70. The van der Waals surface area contributed by atoms with Gasteiger partial charge < -0.3 is 20.9 Å². The highest BCUT2D eigenvalue weighted by Crippen LogP contribution is 2.24. The minimum Gasteiger partial charge on any atom is -0.485 e. The molecule has 0 aliphatic rings. The molecule has 0 fully saturated rings. The smallest absolute Gasteiger partial charge is 0.166 e. The summed E-state index contributed by atoms with van der Waals surface area (Å²) in [6.45, 7) is 1.000. The molecule has 4 rings (SSSR count). The molecular formula is C24H23BrN4O2. The SMILES string of the molecule is Nc1ncc(Br)cc1OCc1ccccc1.Nc1ncccc1OCc1ccccc1. The van der Waals surface area contributed by atoms with E-state index in [0.717, 1.165) is 15.6 Å². The zero-order valence-electron chi connectivity index (χ0n) is 16.8. The number of halogens is 1. The fraction of sp³-hybridized carbons (Fsp3) is 0.0833. The van der Waals surface area contributed by atoms with E-state index in [0.29, 0.717) is 36.3 Å². The Morgan fingerprint density at radius 1 is 0.677 bits per heavy atom. The number of benzene rings is 2. The summed E-state index contributed by atoms with van der Waals surface area (Å²) in [4.78, 5) is 7.94. The maximum absolute atomic E-state index is 5.70. The first kappa shape index (κ1) is 22.1. The van der Waals surface area contributed by atoms with Gasteiger partial charge >= 0.3 is 0 Å². The predicted octanol–water partition coefficient (Wildman–Crippen LogP) is 5.25. The van der Waals surface area contributed by atoms with Gasteiger partial charge in [0, 0.05) is 16.9 Å². The average Bonchev–Trinajstić information content (AvgIpc) is 2.81. The fourth-order valence-electron chi connectivity index (χ4n) is 2.54. The van der Waals surface area contributed by atoms with E-state index in [1.165, 1.54) is 0 Å². The average molecular weight is 479 g/mol. The van der Waals surface area contributed by atoms with Gasteiger partial charge in [0.25, 0.3) is 0 Å². The first-order chi connectivity index (χ1) is 15.1. The van der Waals surface area contributed by atoms with Crippen molar-refractivity contribution in [2.75, 3.05) is 11.5 Å². The van der Waals surface area contributed by atoms with Gasteiger partial charge in [-0.2, -0.15) is 0 Å². The molecule has 0 saturated carbocycles. The summed E-state index contributed by atoms with van der Waals surface area (Å²) in [7, 11) is 0. The summed E-state index contributed by atoms with van der Waals surface area (Å²) in [6.07, 6.45) is 3.29. The standard InChI is InChI=1S/C12H11BrN2O.C12H12N2O/c13-10-6-11(12(14)15-7-10)16-8-9-4-2-1-3-5-9;13-12-11(7-4-8-14-12)15-9-10-5-2-1-3-6-10/h1-7H,8H2,(H2,14,15);1-8H,9H2,(H2,13,14). The van der Waals surface area contributed by atoms with Crippen LogP contribution in [0.2, 0.25) is 0 Å². The van der Waals surface area contributed by atoms with E-state index in [2.05, 4.69) is 25.9 Å². The predicted molar refractivity (Wildman–Crippen MR) is 127 cm³/mol. The van der Waals surface area contributed by atoms with Crippen molar-refractivity contribution in [2.24, 2.45) is 0 Å². The molecule has 31 heavy (non-hydrogen) atoms. The van der Waals surface area contributed by atoms with Crippen molar-refractivity contribution in [2.45, 2.75) is 13.2 Å². The zero-order chi connectivity index (χ0) is 21.9. The highest BCUT2D eigenvalue weighted by Gasteiger charge is 2.03. The van der Waals surface area contributed by atoms with Crippen molar-refractivity contribution in [3.8, 4) is 11.5 Å². The minimum absolute atomic E-state index is 0.402. The number of nitrogen functional groups attached to an aromatic ring is 2. The molecule has 7 heteroatoms. The Bertz CT molecular complexity index is 1080. The van der Waals surface area contributed by atoms with Crippen LogP contribution in [0.4, 0.5) is 11.6 Å². The van der Waals surface area contributed by atoms with Gasteiger partial charge in [-0.25, -0.2) is 9.97 Å². The van der Waals surface area contributed by atoms with Crippen molar-refractivity contribution in [3.05, 3.63) is 107 Å². The Hall–Kier alpha value is -3.58. The molecule has 0 unspecified atom stereocenters. The first-order valence-electron chi connectivity index (χ1n) is 9.57. The Morgan fingerprint density at radius 2 is 1.23 bits per heavy atom. The van der Waals surface area contributed by atoms with E-state index in [1.807, 2.05) is 72.8 Å². The lowest BCUT2D eigenvalue weighted by Gasteiger charge is -2.08. The Balaban J connectivity index is 0.000000176. The third-order valence-corrected chi connectivity index (χ3v) is 4.56. The third kappa shape index (κ3) is 7.31. The number of hydrogen-bond donors (Lipinski definition) is 2. The number of pyridine rings is 2. The van der Waals surface area contributed by atoms with Crippen molar-refractivity contribution in [1.82, 2.24) is 9.97 Å². The zero-order valence-corrected chi connectivity index (χ0v) is 18.4. The molecule has 0 bridgehead atoms. The van der Waals surface area contributed by atoms with Gasteiger partial charge in [0.15, 0.2) is 23.1 Å². The van der Waals surface area contributed by atoms with Crippen LogP contribution >= 0.6 is 15.9 Å². The fourth-order valence-corrected chi connectivity index (χ4v) is 2.85. The molecule has 2 aromatic carbocycles. The molecule has 0 atom stereocenters. The Labute approximate surface area is 190 Å². The lowest BCUT2D eigenvalue weighted by Crippen LogP contribution is -2.00. The Morgan fingerprint density at radius 3 is 1.81 bits per heavy atom. The topological polar surface area (TPSA) is 96.3 Å². The summed E-state index contributed by atoms with van der Waals surface area (Å²) >= 11 is 3.32. The molecule has 0 amide bonds. The number of nitrogens with zero attached hydrogens (tertiary/aromatic N) is 2. The number of aromatic nitrogens is 2. The highest BCUT2D eigenvalue weighted by molar-refractivity contribution is 9.10. The first-order valence-corrected chi connectivity index (χ1v) is 10.4.